The number of aryl methyl sites for hydroxylation is 1. The Bertz CT molecular complexity index is 789. The first-order valence-corrected chi connectivity index (χ1v) is 12.2. The zero-order valence-electron chi connectivity index (χ0n) is 13.7. The number of nitrogens with zero attached hydrogens (tertiary/aromatic N) is 2. The lowest BCUT2D eigenvalue weighted by molar-refractivity contribution is -0.152. The normalized spacial score (nSPS) is 21.7. The summed E-state index contributed by atoms with van der Waals surface area (Å²) in [7, 11) is 0. The molecule has 0 saturated heterocycles. The highest BCUT2D eigenvalue weighted by atomic mass is 127. The van der Waals surface area contributed by atoms with Crippen LogP contribution in [0.1, 0.15) is 43.2 Å². The summed E-state index contributed by atoms with van der Waals surface area (Å²) in [5, 5.41) is 5.59. The van der Waals surface area contributed by atoms with Crippen LogP contribution in [-0.2, 0) is 14.3 Å². The lowest BCUT2D eigenvalue weighted by Gasteiger charge is -2.28. The monoisotopic (exact) mass is 458 g/mol. The molecule has 3 rings (SSSR count). The van der Waals surface area contributed by atoms with Crippen molar-refractivity contribution < 1.29 is 14.3 Å². The molecule has 1 aromatic carbocycles. The number of hydrogen-bond acceptors (Lipinski definition) is 4. The zero-order valence-corrected chi connectivity index (χ0v) is 16.9. The first-order chi connectivity index (χ1) is 11.6. The number of rotatable bonds is 4. The molecule has 0 bridgehead atoms. The second-order valence-corrected chi connectivity index (χ2v) is 8.16. The maximum atomic E-state index is 12.5. The summed E-state index contributed by atoms with van der Waals surface area (Å²) in [4.78, 5) is 24.4. The Kier molecular flexibility index (Phi) is 5.55. The summed E-state index contributed by atoms with van der Waals surface area (Å²) in [6.45, 7) is 4.17. The summed E-state index contributed by atoms with van der Waals surface area (Å²) in [5.41, 5.74) is 3.51. The molecule has 1 aromatic heterocycles. The first kappa shape index (κ1) is 17.8. The van der Waals surface area contributed by atoms with E-state index >= 15 is 0 Å². The fourth-order valence-electron chi connectivity index (χ4n) is 3.60. The highest BCUT2D eigenvalue weighted by Gasteiger charge is 2.36. The number of esters is 1. The molecule has 1 fully saturated rings. The molecule has 1 aliphatic carbocycles. The van der Waals surface area contributed by atoms with Gasteiger partial charge in [0.25, 0.3) is 0 Å². The van der Waals surface area contributed by atoms with Gasteiger partial charge < -0.3 is 4.74 Å². The predicted molar refractivity (Wildman–Crippen MR) is 104 cm³/mol. The third-order valence-corrected chi connectivity index (χ3v) is 6.60. The van der Waals surface area contributed by atoms with Gasteiger partial charge >= 0.3 is 5.97 Å². The number of carbonyl (C=O) groups excluding carboxylic acids is 2. The van der Waals surface area contributed by atoms with Gasteiger partial charge in [-0.15, -0.1) is 0 Å². The van der Waals surface area contributed by atoms with Crippen LogP contribution in [0.25, 0.3) is 10.9 Å². The van der Waals surface area contributed by atoms with Gasteiger partial charge in [-0.1, -0.05) is 6.07 Å². The summed E-state index contributed by atoms with van der Waals surface area (Å²) in [6.07, 6.45) is 4.25. The maximum Gasteiger partial charge on any atom is 0.316 e. The highest BCUT2D eigenvalue weighted by Crippen LogP contribution is 2.40. The lowest BCUT2D eigenvalue weighted by Crippen LogP contribution is -2.31. The number of carbonyl (C=O) groups is 2. The van der Waals surface area contributed by atoms with Crippen molar-refractivity contribution in [3.63, 3.8) is 0 Å². The molecular formula is C17H20IN2O3P. The Hall–Kier alpha value is -1.01. The number of Topliss-reactive ketones (excluding diaryl/α,β-unsaturated/α-hetero) is 1. The minimum absolute atomic E-state index is 0.00395. The largest absolute Gasteiger partial charge is 0.465 e. The molecule has 0 spiro atoms. The molecule has 1 heterocycles. The number of hydrogen-bond donors (Lipinski definition) is 0. The number of aromatic nitrogens is 2. The van der Waals surface area contributed by atoms with E-state index in [1.807, 2.05) is 10.6 Å². The van der Waals surface area contributed by atoms with E-state index in [2.05, 4.69) is 46.2 Å². The van der Waals surface area contributed by atoms with E-state index in [9.17, 15) is 9.59 Å². The molecule has 0 N–H and O–H groups in total. The number of ether oxygens (including phenoxy) is 1. The second kappa shape index (κ2) is 7.48. The number of fused-ring (bicyclic) bond motifs is 1. The van der Waals surface area contributed by atoms with Crippen molar-refractivity contribution in [1.29, 1.82) is 0 Å². The maximum absolute atomic E-state index is 12.5. The van der Waals surface area contributed by atoms with Gasteiger partial charge in [0, 0.05) is 11.8 Å². The Balaban J connectivity index is 1.90. The van der Waals surface area contributed by atoms with Gasteiger partial charge in [-0.3, -0.25) is 9.59 Å². The average Bonchev–Trinajstić information content (AvgIpc) is 2.97. The minimum atomic E-state index is -0.584. The number of ketones is 1. The predicted octanol–water partition coefficient (Wildman–Crippen LogP) is 4.15. The SMILES string of the molecule is CCOC(=O)C1CCC(c2c(C)ccc3c2cnn3PI)CC1=O. The van der Waals surface area contributed by atoms with Gasteiger partial charge in [-0.25, -0.2) is 4.45 Å². The van der Waals surface area contributed by atoms with Crippen molar-refractivity contribution in [2.24, 2.45) is 5.92 Å². The van der Waals surface area contributed by atoms with Crippen LogP contribution in [-0.4, -0.2) is 27.9 Å². The standard InChI is InChI=1S/C17H20IN2O3P/c1-3-23-17(22)12-6-5-11(8-15(12)21)16-10(2)4-7-14-13(16)9-19-20(14)24-18/h4,7,9,11-12,24H,3,5-6,8H2,1-2H3. The van der Waals surface area contributed by atoms with Crippen molar-refractivity contribution in [1.82, 2.24) is 9.55 Å². The molecule has 2 aromatic rings. The molecule has 1 saturated carbocycles. The van der Waals surface area contributed by atoms with E-state index in [4.69, 9.17) is 4.74 Å². The molecule has 24 heavy (non-hydrogen) atoms. The van der Waals surface area contributed by atoms with Gasteiger partial charge in [-0.05, 0) is 71.8 Å². The van der Waals surface area contributed by atoms with Crippen molar-refractivity contribution in [3.05, 3.63) is 29.5 Å². The summed E-state index contributed by atoms with van der Waals surface area (Å²) in [6, 6.07) is 4.20. The molecule has 0 aliphatic heterocycles. The van der Waals surface area contributed by atoms with E-state index in [0.717, 1.165) is 17.3 Å². The van der Waals surface area contributed by atoms with Crippen LogP contribution in [0.2, 0.25) is 0 Å². The van der Waals surface area contributed by atoms with E-state index < -0.39 is 5.92 Å². The molecule has 3 unspecified atom stereocenters. The Morgan fingerprint density at radius 3 is 2.92 bits per heavy atom. The van der Waals surface area contributed by atoms with Crippen molar-refractivity contribution in [2.45, 2.75) is 39.0 Å². The molecule has 7 heteroatoms. The lowest BCUT2D eigenvalue weighted by atomic mass is 9.76. The smallest absolute Gasteiger partial charge is 0.316 e. The fourth-order valence-corrected chi connectivity index (χ4v) is 5.14. The quantitative estimate of drug-likeness (QED) is 0.299. The van der Waals surface area contributed by atoms with Crippen LogP contribution in [0.5, 0.6) is 0 Å². The van der Waals surface area contributed by atoms with Crippen LogP contribution in [0, 0.1) is 12.8 Å². The number of benzene rings is 1. The molecule has 0 radical (unpaired) electrons. The third kappa shape index (κ3) is 3.23. The topological polar surface area (TPSA) is 61.2 Å². The minimum Gasteiger partial charge on any atom is -0.465 e. The van der Waals surface area contributed by atoms with Crippen molar-refractivity contribution in [2.75, 3.05) is 6.61 Å². The van der Waals surface area contributed by atoms with Gasteiger partial charge in [0.2, 0.25) is 0 Å². The highest BCUT2D eigenvalue weighted by molar-refractivity contribution is 14.2. The van der Waals surface area contributed by atoms with E-state index in [0.29, 0.717) is 25.8 Å². The molecule has 0 amide bonds. The van der Waals surface area contributed by atoms with Crippen LogP contribution in [0.4, 0.5) is 0 Å². The second-order valence-electron chi connectivity index (χ2n) is 6.12. The molecular weight excluding hydrogens is 438 g/mol. The summed E-state index contributed by atoms with van der Waals surface area (Å²) >= 11 is 2.32. The van der Waals surface area contributed by atoms with Crippen LogP contribution in [0.15, 0.2) is 18.3 Å². The van der Waals surface area contributed by atoms with Crippen LogP contribution in [0.3, 0.4) is 0 Å². The number of halogens is 1. The molecule has 5 nitrogen and oxygen atoms in total. The van der Waals surface area contributed by atoms with E-state index in [1.165, 1.54) is 11.1 Å². The first-order valence-electron chi connectivity index (χ1n) is 8.10. The Labute approximate surface area is 155 Å². The summed E-state index contributed by atoms with van der Waals surface area (Å²) in [5.74, 6) is -0.791. The van der Waals surface area contributed by atoms with Gasteiger partial charge in [-0.2, -0.15) is 5.10 Å². The third-order valence-electron chi connectivity index (χ3n) is 4.71. The van der Waals surface area contributed by atoms with Gasteiger partial charge in [0.15, 0.2) is 0 Å². The zero-order chi connectivity index (χ0) is 17.3. The molecule has 3 atom stereocenters. The van der Waals surface area contributed by atoms with E-state index in [1.54, 1.807) is 6.92 Å². The van der Waals surface area contributed by atoms with Crippen molar-refractivity contribution in [3.8, 4) is 0 Å². The fraction of sp³-hybridized carbons (Fsp3) is 0.471. The average molecular weight is 458 g/mol. The van der Waals surface area contributed by atoms with Gasteiger partial charge in [0.05, 0.1) is 24.7 Å². The molecule has 128 valence electrons. The van der Waals surface area contributed by atoms with Crippen LogP contribution < -0.4 is 0 Å². The summed E-state index contributed by atoms with van der Waals surface area (Å²) < 4.78 is 7.02. The van der Waals surface area contributed by atoms with Crippen LogP contribution >= 0.6 is 28.4 Å². The Morgan fingerprint density at radius 1 is 1.46 bits per heavy atom. The molecule has 1 aliphatic rings. The van der Waals surface area contributed by atoms with Crippen molar-refractivity contribution >= 4 is 51.1 Å². The van der Waals surface area contributed by atoms with Gasteiger partial charge in [0.1, 0.15) is 11.7 Å². The van der Waals surface area contributed by atoms with E-state index in [-0.39, 0.29) is 17.7 Å². The Morgan fingerprint density at radius 2 is 2.25 bits per heavy atom.